The molecule has 1 aromatic carbocycles. The van der Waals surface area contributed by atoms with Gasteiger partial charge >= 0.3 is 5.97 Å². The Morgan fingerprint density at radius 1 is 1.28 bits per heavy atom. The van der Waals surface area contributed by atoms with Crippen LogP contribution in [0, 0.1) is 0 Å². The molecule has 0 aliphatic carbocycles. The summed E-state index contributed by atoms with van der Waals surface area (Å²) in [5.41, 5.74) is 3.17. The van der Waals surface area contributed by atoms with Gasteiger partial charge in [-0.15, -0.1) is 0 Å². The number of aromatic nitrogens is 1. The third kappa shape index (κ3) is 3.55. The van der Waals surface area contributed by atoms with E-state index in [4.69, 9.17) is 9.52 Å². The Kier molecular flexibility index (Phi) is 4.57. The monoisotopic (exact) mass is 336 g/mol. The van der Waals surface area contributed by atoms with Gasteiger partial charge in [0.1, 0.15) is 11.3 Å². The number of nitrogens with zero attached hydrogens (tertiary/aromatic N) is 2. The van der Waals surface area contributed by atoms with Crippen LogP contribution in [0.1, 0.15) is 19.4 Å². The minimum absolute atomic E-state index is 0.253. The fraction of sp³-hybridized carbons (Fsp3) is 0.200. The maximum absolute atomic E-state index is 10.8. The fourth-order valence-corrected chi connectivity index (χ4v) is 2.56. The lowest BCUT2D eigenvalue weighted by Crippen LogP contribution is -2.26. The van der Waals surface area contributed by atoms with E-state index in [1.807, 2.05) is 43.4 Å². The zero-order valence-corrected chi connectivity index (χ0v) is 14.4. The van der Waals surface area contributed by atoms with Gasteiger partial charge in [-0.05, 0) is 43.7 Å². The molecule has 0 saturated carbocycles. The standard InChI is InChI=1S/C20H20N2O3/c1-13(2)22(3)16-10-14(8-9-19(23)24)12-21-20(16)18-11-15-6-4-5-7-17(15)25-18/h4-13H,1-3H3,(H,23,24). The molecule has 0 bridgehead atoms. The predicted octanol–water partition coefficient (Wildman–Crippen LogP) is 4.44. The van der Waals surface area contributed by atoms with Crippen molar-refractivity contribution in [1.82, 2.24) is 4.98 Å². The second-order valence-electron chi connectivity index (χ2n) is 6.16. The van der Waals surface area contributed by atoms with Crippen LogP contribution in [0.25, 0.3) is 28.5 Å². The van der Waals surface area contributed by atoms with E-state index in [0.717, 1.165) is 34.0 Å². The Bertz CT molecular complexity index is 908. The molecule has 5 nitrogen and oxygen atoms in total. The lowest BCUT2D eigenvalue weighted by atomic mass is 10.1. The van der Waals surface area contributed by atoms with E-state index in [9.17, 15) is 4.79 Å². The van der Waals surface area contributed by atoms with Crippen LogP contribution in [0.15, 0.2) is 53.1 Å². The van der Waals surface area contributed by atoms with Gasteiger partial charge in [-0.3, -0.25) is 4.98 Å². The Labute approximate surface area is 146 Å². The number of carboxylic acids is 1. The van der Waals surface area contributed by atoms with Gasteiger partial charge in [-0.25, -0.2) is 4.79 Å². The number of rotatable bonds is 5. The lowest BCUT2D eigenvalue weighted by Gasteiger charge is -2.25. The van der Waals surface area contributed by atoms with Crippen LogP contribution in [-0.2, 0) is 4.79 Å². The van der Waals surface area contributed by atoms with E-state index >= 15 is 0 Å². The number of furan rings is 1. The van der Waals surface area contributed by atoms with E-state index in [2.05, 4.69) is 23.7 Å². The first kappa shape index (κ1) is 16.8. The molecule has 25 heavy (non-hydrogen) atoms. The number of carboxylic acid groups (broad SMARTS) is 1. The highest BCUT2D eigenvalue weighted by atomic mass is 16.4. The summed E-state index contributed by atoms with van der Waals surface area (Å²) in [6.07, 6.45) is 4.30. The Morgan fingerprint density at radius 3 is 2.72 bits per heavy atom. The average Bonchev–Trinajstić information content (AvgIpc) is 3.02. The quantitative estimate of drug-likeness (QED) is 0.698. The van der Waals surface area contributed by atoms with Crippen molar-refractivity contribution in [3.05, 3.63) is 54.2 Å². The molecule has 0 saturated heterocycles. The van der Waals surface area contributed by atoms with Crippen molar-refractivity contribution < 1.29 is 14.3 Å². The summed E-state index contributed by atoms with van der Waals surface area (Å²) < 4.78 is 5.96. The number of hydrogen-bond donors (Lipinski definition) is 1. The number of pyridine rings is 1. The molecule has 0 atom stereocenters. The molecule has 0 aliphatic rings. The van der Waals surface area contributed by atoms with Crippen LogP contribution in [0.4, 0.5) is 5.69 Å². The summed E-state index contributed by atoms with van der Waals surface area (Å²) in [5, 5.41) is 9.84. The summed E-state index contributed by atoms with van der Waals surface area (Å²) in [7, 11) is 1.98. The van der Waals surface area contributed by atoms with Gasteiger partial charge in [-0.1, -0.05) is 18.2 Å². The first-order chi connectivity index (χ1) is 12.0. The number of aliphatic carboxylic acids is 1. The molecule has 0 amide bonds. The predicted molar refractivity (Wildman–Crippen MR) is 99.7 cm³/mol. The Morgan fingerprint density at radius 2 is 2.04 bits per heavy atom. The van der Waals surface area contributed by atoms with Crippen LogP contribution in [0.5, 0.6) is 0 Å². The number of carbonyl (C=O) groups is 1. The molecule has 0 unspecified atom stereocenters. The van der Waals surface area contributed by atoms with E-state index < -0.39 is 5.97 Å². The van der Waals surface area contributed by atoms with Crippen molar-refractivity contribution in [1.29, 1.82) is 0 Å². The summed E-state index contributed by atoms with van der Waals surface area (Å²) in [6.45, 7) is 4.17. The van der Waals surface area contributed by atoms with Crippen LogP contribution >= 0.6 is 0 Å². The number of fused-ring (bicyclic) bond motifs is 1. The van der Waals surface area contributed by atoms with Gasteiger partial charge in [0.2, 0.25) is 0 Å². The molecule has 1 N–H and O–H groups in total. The topological polar surface area (TPSA) is 66.6 Å². The minimum Gasteiger partial charge on any atom is -0.478 e. The van der Waals surface area contributed by atoms with Crippen LogP contribution in [0.2, 0.25) is 0 Å². The van der Waals surface area contributed by atoms with Gasteiger partial charge in [0.05, 0.1) is 5.69 Å². The van der Waals surface area contributed by atoms with Crippen molar-refractivity contribution in [3.63, 3.8) is 0 Å². The molecular weight excluding hydrogens is 316 g/mol. The van der Waals surface area contributed by atoms with Gasteiger partial charge in [-0.2, -0.15) is 0 Å². The molecule has 0 spiro atoms. The largest absolute Gasteiger partial charge is 0.478 e. The SMILES string of the molecule is CC(C)N(C)c1cc(C=CC(=O)O)cnc1-c1cc2ccccc2o1. The number of benzene rings is 1. The zero-order valence-electron chi connectivity index (χ0n) is 14.4. The fourth-order valence-electron chi connectivity index (χ4n) is 2.56. The molecule has 0 fully saturated rings. The highest BCUT2D eigenvalue weighted by molar-refractivity contribution is 5.87. The normalized spacial score (nSPS) is 11.5. The van der Waals surface area contributed by atoms with Crippen molar-refractivity contribution in [2.75, 3.05) is 11.9 Å². The van der Waals surface area contributed by atoms with Crippen LogP contribution in [-0.4, -0.2) is 29.1 Å². The molecule has 0 aliphatic heterocycles. The average molecular weight is 336 g/mol. The van der Waals surface area contributed by atoms with Gasteiger partial charge in [0, 0.05) is 30.7 Å². The van der Waals surface area contributed by atoms with Crippen LogP contribution in [0.3, 0.4) is 0 Å². The van der Waals surface area contributed by atoms with E-state index in [-0.39, 0.29) is 6.04 Å². The summed E-state index contributed by atoms with van der Waals surface area (Å²) in [5.74, 6) is -0.294. The molecular formula is C20H20N2O3. The maximum Gasteiger partial charge on any atom is 0.328 e. The number of para-hydroxylation sites is 1. The minimum atomic E-state index is -0.986. The maximum atomic E-state index is 10.8. The third-order valence-electron chi connectivity index (χ3n) is 4.12. The first-order valence-corrected chi connectivity index (χ1v) is 8.08. The molecule has 5 heteroatoms. The second-order valence-corrected chi connectivity index (χ2v) is 6.16. The molecule has 3 rings (SSSR count). The van der Waals surface area contributed by atoms with E-state index in [1.165, 1.54) is 6.08 Å². The highest BCUT2D eigenvalue weighted by Gasteiger charge is 2.17. The lowest BCUT2D eigenvalue weighted by molar-refractivity contribution is -0.131. The highest BCUT2D eigenvalue weighted by Crippen LogP contribution is 2.34. The van der Waals surface area contributed by atoms with E-state index in [0.29, 0.717) is 5.76 Å². The van der Waals surface area contributed by atoms with Gasteiger partial charge < -0.3 is 14.4 Å². The van der Waals surface area contributed by atoms with Gasteiger partial charge in [0.15, 0.2) is 5.76 Å². The molecule has 2 heterocycles. The molecule has 128 valence electrons. The van der Waals surface area contributed by atoms with Gasteiger partial charge in [0.25, 0.3) is 0 Å². The van der Waals surface area contributed by atoms with Crippen molar-refractivity contribution in [2.45, 2.75) is 19.9 Å². The number of anilines is 1. The molecule has 2 aromatic heterocycles. The van der Waals surface area contributed by atoms with Crippen molar-refractivity contribution in [3.8, 4) is 11.5 Å². The van der Waals surface area contributed by atoms with Crippen molar-refractivity contribution >= 4 is 28.7 Å². The Hall–Kier alpha value is -3.08. The third-order valence-corrected chi connectivity index (χ3v) is 4.12. The van der Waals surface area contributed by atoms with Crippen molar-refractivity contribution in [2.24, 2.45) is 0 Å². The van der Waals surface area contributed by atoms with Crippen LogP contribution < -0.4 is 4.90 Å². The number of hydrogen-bond acceptors (Lipinski definition) is 4. The second kappa shape index (κ2) is 6.81. The molecule has 0 radical (unpaired) electrons. The summed E-state index contributed by atoms with van der Waals surface area (Å²) >= 11 is 0. The summed E-state index contributed by atoms with van der Waals surface area (Å²) in [4.78, 5) is 17.4. The van der Waals surface area contributed by atoms with E-state index in [1.54, 1.807) is 6.20 Å². The Balaban J connectivity index is 2.12. The smallest absolute Gasteiger partial charge is 0.328 e. The zero-order chi connectivity index (χ0) is 18.0. The first-order valence-electron chi connectivity index (χ1n) is 8.08. The molecule has 3 aromatic rings. The summed E-state index contributed by atoms with van der Waals surface area (Å²) in [6, 6.07) is 12.0.